The third kappa shape index (κ3) is 3.56. The molecule has 0 heteroatoms. The summed E-state index contributed by atoms with van der Waals surface area (Å²) in [5.41, 5.74) is 2.87. The van der Waals surface area contributed by atoms with Crippen molar-refractivity contribution in [3.05, 3.63) is 36.0 Å². The molecule has 0 aromatic heterocycles. The van der Waals surface area contributed by atoms with Gasteiger partial charge in [0.15, 0.2) is 0 Å². The highest BCUT2D eigenvalue weighted by molar-refractivity contribution is 5.17. The lowest BCUT2D eigenvalue weighted by Crippen LogP contribution is -1.97. The van der Waals surface area contributed by atoms with E-state index in [0.29, 0.717) is 5.92 Å². The predicted octanol–water partition coefficient (Wildman–Crippen LogP) is 4.11. The molecule has 0 bridgehead atoms. The molecule has 0 spiro atoms. The smallest absolute Gasteiger partial charge is 0.00270 e. The van der Waals surface area contributed by atoms with Crippen molar-refractivity contribution >= 4 is 0 Å². The monoisotopic (exact) mass is 164 g/mol. The molecule has 0 radical (unpaired) electrons. The molecule has 0 nitrogen and oxygen atoms in total. The fraction of sp³-hybridized carbons (Fsp3) is 0.500. The Morgan fingerprint density at radius 1 is 1.33 bits per heavy atom. The number of hydrogen-bond acceptors (Lipinski definition) is 0. The van der Waals surface area contributed by atoms with Gasteiger partial charge in [-0.15, -0.1) is 6.58 Å². The summed E-state index contributed by atoms with van der Waals surface area (Å²) >= 11 is 0. The van der Waals surface area contributed by atoms with Crippen LogP contribution in [0.3, 0.4) is 0 Å². The molecule has 0 saturated heterocycles. The van der Waals surface area contributed by atoms with Gasteiger partial charge in [-0.05, 0) is 33.1 Å². The zero-order valence-corrected chi connectivity index (χ0v) is 8.72. The zero-order valence-electron chi connectivity index (χ0n) is 8.72. The average Bonchev–Trinajstić information content (AvgIpc) is 2.11. The molecule has 0 N–H and O–H groups in total. The second-order valence-corrected chi connectivity index (χ2v) is 3.23. The highest BCUT2D eigenvalue weighted by Gasteiger charge is 2.03. The Labute approximate surface area is 76.7 Å². The van der Waals surface area contributed by atoms with Crippen LogP contribution in [-0.2, 0) is 0 Å². The molecule has 0 fully saturated rings. The SMILES string of the molecule is C=CCC=C(C)C(C)C(C)=CC. The molecule has 0 aliphatic rings. The van der Waals surface area contributed by atoms with Gasteiger partial charge in [-0.1, -0.05) is 36.3 Å². The molecule has 0 aromatic rings. The highest BCUT2D eigenvalue weighted by Crippen LogP contribution is 2.19. The van der Waals surface area contributed by atoms with Crippen LogP contribution in [0, 0.1) is 5.92 Å². The van der Waals surface area contributed by atoms with E-state index in [1.807, 2.05) is 6.08 Å². The minimum Gasteiger partial charge on any atom is -0.103 e. The summed E-state index contributed by atoms with van der Waals surface area (Å²) in [7, 11) is 0. The summed E-state index contributed by atoms with van der Waals surface area (Å²) in [4.78, 5) is 0. The number of rotatable bonds is 4. The van der Waals surface area contributed by atoms with Crippen molar-refractivity contribution in [3.8, 4) is 0 Å². The topological polar surface area (TPSA) is 0 Å². The van der Waals surface area contributed by atoms with Crippen molar-refractivity contribution in [2.24, 2.45) is 5.92 Å². The maximum absolute atomic E-state index is 3.70. The van der Waals surface area contributed by atoms with Crippen molar-refractivity contribution in [2.75, 3.05) is 0 Å². The van der Waals surface area contributed by atoms with E-state index in [4.69, 9.17) is 0 Å². The Morgan fingerprint density at radius 3 is 2.33 bits per heavy atom. The predicted molar refractivity (Wildman–Crippen MR) is 57.2 cm³/mol. The summed E-state index contributed by atoms with van der Waals surface area (Å²) in [5, 5.41) is 0. The zero-order chi connectivity index (χ0) is 9.56. The fourth-order valence-electron chi connectivity index (χ4n) is 1.06. The molecule has 0 amide bonds. The second-order valence-electron chi connectivity index (χ2n) is 3.23. The van der Waals surface area contributed by atoms with Crippen molar-refractivity contribution in [3.63, 3.8) is 0 Å². The van der Waals surface area contributed by atoms with E-state index in [1.165, 1.54) is 11.1 Å². The van der Waals surface area contributed by atoms with Crippen LogP contribution in [0.25, 0.3) is 0 Å². The molecule has 0 aliphatic carbocycles. The van der Waals surface area contributed by atoms with E-state index >= 15 is 0 Å². The maximum Gasteiger partial charge on any atom is -0.00270 e. The Morgan fingerprint density at radius 2 is 1.92 bits per heavy atom. The standard InChI is InChI=1S/C12H20/c1-6-8-9-11(4)12(5)10(3)7-2/h6-7,9,12H,1,8H2,2-5H3. The van der Waals surface area contributed by atoms with E-state index in [9.17, 15) is 0 Å². The normalized spacial score (nSPS) is 16.0. The van der Waals surface area contributed by atoms with Gasteiger partial charge in [-0.2, -0.15) is 0 Å². The van der Waals surface area contributed by atoms with Crippen LogP contribution >= 0.6 is 0 Å². The lowest BCUT2D eigenvalue weighted by Gasteiger charge is -2.12. The molecule has 0 saturated carbocycles. The van der Waals surface area contributed by atoms with Crippen molar-refractivity contribution in [2.45, 2.75) is 34.1 Å². The maximum atomic E-state index is 3.70. The van der Waals surface area contributed by atoms with Crippen LogP contribution < -0.4 is 0 Å². The first-order valence-electron chi connectivity index (χ1n) is 4.53. The summed E-state index contributed by atoms with van der Waals surface area (Å²) in [6.07, 6.45) is 7.33. The van der Waals surface area contributed by atoms with Crippen LogP contribution in [0.2, 0.25) is 0 Å². The van der Waals surface area contributed by atoms with E-state index < -0.39 is 0 Å². The molecule has 0 rings (SSSR count). The van der Waals surface area contributed by atoms with E-state index in [0.717, 1.165) is 6.42 Å². The molecule has 0 aromatic carbocycles. The van der Waals surface area contributed by atoms with E-state index in [1.54, 1.807) is 0 Å². The van der Waals surface area contributed by atoms with Gasteiger partial charge >= 0.3 is 0 Å². The molecular weight excluding hydrogens is 144 g/mol. The molecular formula is C12H20. The fourth-order valence-corrected chi connectivity index (χ4v) is 1.06. The van der Waals surface area contributed by atoms with E-state index in [-0.39, 0.29) is 0 Å². The molecule has 68 valence electrons. The first-order valence-corrected chi connectivity index (χ1v) is 4.53. The van der Waals surface area contributed by atoms with Crippen LogP contribution in [-0.4, -0.2) is 0 Å². The average molecular weight is 164 g/mol. The molecule has 1 unspecified atom stereocenters. The van der Waals surface area contributed by atoms with Gasteiger partial charge in [0.2, 0.25) is 0 Å². The highest BCUT2D eigenvalue weighted by atomic mass is 14.1. The molecule has 12 heavy (non-hydrogen) atoms. The summed E-state index contributed by atoms with van der Waals surface area (Å²) in [5.74, 6) is 0.579. The van der Waals surface area contributed by atoms with Gasteiger partial charge in [0.05, 0.1) is 0 Å². The molecule has 0 aliphatic heterocycles. The second kappa shape index (κ2) is 5.82. The molecule has 0 heterocycles. The van der Waals surface area contributed by atoms with Crippen LogP contribution in [0.5, 0.6) is 0 Å². The van der Waals surface area contributed by atoms with Crippen LogP contribution in [0.1, 0.15) is 34.1 Å². The van der Waals surface area contributed by atoms with Gasteiger partial charge in [0.25, 0.3) is 0 Å². The Hall–Kier alpha value is -0.780. The lowest BCUT2D eigenvalue weighted by atomic mass is 9.94. The van der Waals surface area contributed by atoms with Crippen LogP contribution in [0.15, 0.2) is 36.0 Å². The summed E-state index contributed by atoms with van der Waals surface area (Å²) in [6, 6.07) is 0. The Kier molecular flexibility index (Phi) is 5.44. The third-order valence-corrected chi connectivity index (χ3v) is 2.43. The van der Waals surface area contributed by atoms with Crippen LogP contribution in [0.4, 0.5) is 0 Å². The van der Waals surface area contributed by atoms with Crippen molar-refractivity contribution < 1.29 is 0 Å². The Balaban J connectivity index is 4.27. The summed E-state index contributed by atoms with van der Waals surface area (Å²) < 4.78 is 0. The summed E-state index contributed by atoms with van der Waals surface area (Å²) in [6.45, 7) is 12.4. The van der Waals surface area contributed by atoms with Crippen molar-refractivity contribution in [1.29, 1.82) is 0 Å². The lowest BCUT2D eigenvalue weighted by molar-refractivity contribution is 0.793. The minimum atomic E-state index is 0.579. The third-order valence-electron chi connectivity index (χ3n) is 2.43. The quantitative estimate of drug-likeness (QED) is 0.548. The number of allylic oxidation sites excluding steroid dienone is 5. The van der Waals surface area contributed by atoms with Crippen molar-refractivity contribution in [1.82, 2.24) is 0 Å². The largest absolute Gasteiger partial charge is 0.103 e. The Bertz CT molecular complexity index is 194. The molecule has 1 atom stereocenters. The van der Waals surface area contributed by atoms with Gasteiger partial charge in [-0.25, -0.2) is 0 Å². The van der Waals surface area contributed by atoms with Gasteiger partial charge in [0.1, 0.15) is 0 Å². The first kappa shape index (κ1) is 11.2. The van der Waals surface area contributed by atoms with E-state index in [2.05, 4.69) is 46.4 Å². The van der Waals surface area contributed by atoms with Gasteiger partial charge < -0.3 is 0 Å². The minimum absolute atomic E-state index is 0.579. The number of hydrogen-bond donors (Lipinski definition) is 0. The first-order chi connectivity index (χ1) is 5.63. The van der Waals surface area contributed by atoms with Gasteiger partial charge in [0, 0.05) is 0 Å². The van der Waals surface area contributed by atoms with Gasteiger partial charge in [-0.3, -0.25) is 0 Å².